The smallest absolute Gasteiger partial charge is 0.248 e. The zero-order chi connectivity index (χ0) is 21.3. The van der Waals surface area contributed by atoms with Gasteiger partial charge in [-0.25, -0.2) is 13.4 Å². The lowest BCUT2D eigenvalue weighted by molar-refractivity contribution is -0.118. The monoisotopic (exact) mass is 447 g/mol. The number of nitrogens with zero attached hydrogens (tertiary/aromatic N) is 5. The second-order valence-corrected chi connectivity index (χ2v) is 10.3. The van der Waals surface area contributed by atoms with Crippen LogP contribution in [0.3, 0.4) is 0 Å². The number of thiazole rings is 1. The van der Waals surface area contributed by atoms with E-state index in [1.54, 1.807) is 22.5 Å². The number of aromatic nitrogens is 3. The van der Waals surface area contributed by atoms with Crippen molar-refractivity contribution >= 4 is 38.3 Å². The number of aryl methyl sites for hydroxylation is 3. The normalized spacial score (nSPS) is 16.4. The van der Waals surface area contributed by atoms with Gasteiger partial charge in [-0.05, 0) is 31.0 Å². The third-order valence-electron chi connectivity index (χ3n) is 5.44. The molecule has 0 saturated carbocycles. The van der Waals surface area contributed by atoms with Gasteiger partial charge in [0.05, 0.1) is 15.9 Å². The van der Waals surface area contributed by atoms with Crippen LogP contribution >= 0.6 is 11.3 Å². The Balaban J connectivity index is 1.55. The number of amides is 1. The second kappa shape index (κ2) is 8.44. The lowest BCUT2D eigenvalue weighted by Gasteiger charge is -2.25. The molecule has 0 unspecified atom stereocenters. The first-order valence-electron chi connectivity index (χ1n) is 9.99. The molecule has 3 aromatic rings. The Bertz CT molecular complexity index is 1250. The quantitative estimate of drug-likeness (QED) is 0.600. The van der Waals surface area contributed by atoms with Gasteiger partial charge in [0, 0.05) is 51.6 Å². The van der Waals surface area contributed by atoms with Crippen LogP contribution in [0.1, 0.15) is 31.5 Å². The van der Waals surface area contributed by atoms with Crippen molar-refractivity contribution in [3.05, 3.63) is 40.4 Å². The van der Waals surface area contributed by atoms with Crippen molar-refractivity contribution in [2.24, 2.45) is 19.1 Å². The number of fused-ring (bicyclic) bond motifs is 1. The lowest BCUT2D eigenvalue weighted by atomic mass is 10.2. The van der Waals surface area contributed by atoms with Crippen molar-refractivity contribution in [2.45, 2.75) is 37.0 Å². The summed E-state index contributed by atoms with van der Waals surface area (Å²) >= 11 is 1.42. The van der Waals surface area contributed by atoms with Gasteiger partial charge in [0.15, 0.2) is 4.80 Å². The highest BCUT2D eigenvalue weighted by Gasteiger charge is 2.26. The summed E-state index contributed by atoms with van der Waals surface area (Å²) in [6.45, 7) is 1.14. The molecular weight excluding hydrogens is 422 g/mol. The maximum atomic E-state index is 12.9. The van der Waals surface area contributed by atoms with Gasteiger partial charge >= 0.3 is 0 Å². The van der Waals surface area contributed by atoms with Gasteiger partial charge in [-0.3, -0.25) is 4.79 Å². The van der Waals surface area contributed by atoms with Gasteiger partial charge in [0.25, 0.3) is 0 Å². The molecular formula is C20H25N5O3S2. The predicted octanol–water partition coefficient (Wildman–Crippen LogP) is 2.21. The molecule has 0 atom stereocenters. The molecule has 30 heavy (non-hydrogen) atoms. The molecule has 10 heteroatoms. The number of sulfonamides is 1. The molecule has 0 spiro atoms. The predicted molar refractivity (Wildman–Crippen MR) is 116 cm³/mol. The van der Waals surface area contributed by atoms with Crippen LogP contribution in [0.5, 0.6) is 0 Å². The highest BCUT2D eigenvalue weighted by Crippen LogP contribution is 2.24. The van der Waals surface area contributed by atoms with Gasteiger partial charge in [-0.1, -0.05) is 6.42 Å². The molecule has 0 radical (unpaired) electrons. The van der Waals surface area contributed by atoms with Crippen LogP contribution in [0.15, 0.2) is 39.7 Å². The number of carbonyl (C=O) groups is 1. The number of imidazole rings is 1. The zero-order valence-corrected chi connectivity index (χ0v) is 18.7. The van der Waals surface area contributed by atoms with E-state index in [0.29, 0.717) is 29.8 Å². The Kier molecular flexibility index (Phi) is 5.90. The van der Waals surface area contributed by atoms with E-state index in [2.05, 4.69) is 9.98 Å². The minimum atomic E-state index is -3.50. The second-order valence-electron chi connectivity index (χ2n) is 7.50. The summed E-state index contributed by atoms with van der Waals surface area (Å²) in [7, 11) is 0.228. The van der Waals surface area contributed by atoms with E-state index in [-0.39, 0.29) is 17.2 Å². The first kappa shape index (κ1) is 21.0. The fraction of sp³-hybridized carbons (Fsp3) is 0.450. The van der Waals surface area contributed by atoms with E-state index in [4.69, 9.17) is 0 Å². The Morgan fingerprint density at radius 2 is 1.97 bits per heavy atom. The van der Waals surface area contributed by atoms with E-state index < -0.39 is 10.0 Å². The first-order chi connectivity index (χ1) is 14.4. The molecule has 8 nitrogen and oxygen atoms in total. The summed E-state index contributed by atoms with van der Waals surface area (Å²) in [5.41, 5.74) is 1.47. The van der Waals surface area contributed by atoms with Crippen molar-refractivity contribution in [3.8, 4) is 0 Å². The standard InChI is InChI=1S/C20H25N5O3S2/c1-23-12-13-29-20(23)22-19(26)9-8-18-21-16-14-15(6-7-17(16)24(18)2)30(27,28)25-10-4-3-5-11-25/h6-7,12-14H,3-5,8-11H2,1-2H3. The topological polar surface area (TPSA) is 89.6 Å². The van der Waals surface area contributed by atoms with Crippen molar-refractivity contribution in [3.63, 3.8) is 0 Å². The van der Waals surface area contributed by atoms with E-state index in [9.17, 15) is 13.2 Å². The molecule has 3 heterocycles. The Morgan fingerprint density at radius 1 is 1.20 bits per heavy atom. The van der Waals surface area contributed by atoms with Gasteiger partial charge < -0.3 is 9.13 Å². The van der Waals surface area contributed by atoms with Gasteiger partial charge in [-0.2, -0.15) is 9.30 Å². The van der Waals surface area contributed by atoms with Crippen LogP contribution in [0.25, 0.3) is 11.0 Å². The van der Waals surface area contributed by atoms with E-state index in [0.717, 1.165) is 30.6 Å². The van der Waals surface area contributed by atoms with Crippen LogP contribution in [0, 0.1) is 0 Å². The first-order valence-corrected chi connectivity index (χ1v) is 12.3. The largest absolute Gasteiger partial charge is 0.331 e. The lowest BCUT2D eigenvalue weighted by Crippen LogP contribution is -2.35. The van der Waals surface area contributed by atoms with Crippen molar-refractivity contribution in [1.82, 2.24) is 18.4 Å². The average molecular weight is 448 g/mol. The maximum absolute atomic E-state index is 12.9. The summed E-state index contributed by atoms with van der Waals surface area (Å²) < 4.78 is 31.2. The van der Waals surface area contributed by atoms with Crippen LogP contribution in [0.2, 0.25) is 0 Å². The third kappa shape index (κ3) is 4.12. The minimum Gasteiger partial charge on any atom is -0.331 e. The molecule has 1 fully saturated rings. The number of carbonyl (C=O) groups excluding carboxylic acids is 1. The van der Waals surface area contributed by atoms with Gasteiger partial charge in [0.2, 0.25) is 15.9 Å². The maximum Gasteiger partial charge on any atom is 0.248 e. The molecule has 1 aliphatic rings. The van der Waals surface area contributed by atoms with Crippen LogP contribution in [-0.4, -0.2) is 45.8 Å². The number of rotatable bonds is 5. The number of piperidine rings is 1. The van der Waals surface area contributed by atoms with Crippen LogP contribution in [-0.2, 0) is 35.3 Å². The zero-order valence-electron chi connectivity index (χ0n) is 17.1. The molecule has 2 aromatic heterocycles. The molecule has 160 valence electrons. The number of hydrogen-bond donors (Lipinski definition) is 0. The van der Waals surface area contributed by atoms with Gasteiger partial charge in [0.1, 0.15) is 5.82 Å². The summed E-state index contributed by atoms with van der Waals surface area (Å²) in [6, 6.07) is 5.08. The highest BCUT2D eigenvalue weighted by molar-refractivity contribution is 7.89. The van der Waals surface area contributed by atoms with Crippen molar-refractivity contribution in [2.75, 3.05) is 13.1 Å². The Labute approximate surface area is 179 Å². The van der Waals surface area contributed by atoms with Crippen molar-refractivity contribution < 1.29 is 13.2 Å². The third-order valence-corrected chi connectivity index (χ3v) is 8.18. The summed E-state index contributed by atoms with van der Waals surface area (Å²) in [6.07, 6.45) is 5.42. The Hall–Kier alpha value is -2.30. The summed E-state index contributed by atoms with van der Waals surface area (Å²) in [5.74, 6) is 0.532. The van der Waals surface area contributed by atoms with E-state index in [1.165, 1.54) is 11.3 Å². The van der Waals surface area contributed by atoms with Crippen LogP contribution < -0.4 is 4.80 Å². The molecule has 4 rings (SSSR count). The SMILES string of the molecule is Cn1ccsc1=NC(=O)CCc1nc2cc(S(=O)(=O)N3CCCCC3)ccc2n1C. The summed E-state index contributed by atoms with van der Waals surface area (Å²) in [5, 5.41) is 1.88. The fourth-order valence-corrected chi connectivity index (χ4v) is 5.97. The van der Waals surface area contributed by atoms with E-state index in [1.807, 2.05) is 34.8 Å². The fourth-order valence-electron chi connectivity index (χ4n) is 3.68. The Morgan fingerprint density at radius 3 is 2.67 bits per heavy atom. The molecule has 1 saturated heterocycles. The molecule has 0 N–H and O–H groups in total. The van der Waals surface area contributed by atoms with E-state index >= 15 is 0 Å². The van der Waals surface area contributed by atoms with Crippen LogP contribution in [0.4, 0.5) is 0 Å². The number of hydrogen-bond acceptors (Lipinski definition) is 5. The van der Waals surface area contributed by atoms with Gasteiger partial charge in [-0.15, -0.1) is 11.3 Å². The molecule has 1 aliphatic heterocycles. The summed E-state index contributed by atoms with van der Waals surface area (Å²) in [4.78, 5) is 21.9. The molecule has 1 aromatic carbocycles. The molecule has 1 amide bonds. The minimum absolute atomic E-state index is 0.200. The molecule has 0 bridgehead atoms. The number of benzene rings is 1. The molecule has 0 aliphatic carbocycles. The van der Waals surface area contributed by atoms with Crippen molar-refractivity contribution in [1.29, 1.82) is 0 Å². The highest BCUT2D eigenvalue weighted by atomic mass is 32.2. The average Bonchev–Trinajstić information content (AvgIpc) is 3.29.